The normalized spacial score (nSPS) is 18.5. The molecule has 2 aromatic heterocycles. The zero-order valence-corrected chi connectivity index (χ0v) is 20.3. The van der Waals surface area contributed by atoms with Crippen molar-refractivity contribution in [1.29, 1.82) is 0 Å². The highest BCUT2D eigenvalue weighted by Crippen LogP contribution is 2.31. The Hall–Kier alpha value is -3.92. The molecule has 10 heteroatoms. The van der Waals surface area contributed by atoms with Crippen molar-refractivity contribution in [3.8, 4) is 17.0 Å². The van der Waals surface area contributed by atoms with Gasteiger partial charge in [0.05, 0.1) is 25.4 Å². The van der Waals surface area contributed by atoms with Gasteiger partial charge in [0.25, 0.3) is 11.8 Å². The van der Waals surface area contributed by atoms with E-state index in [0.29, 0.717) is 11.1 Å². The first-order valence-corrected chi connectivity index (χ1v) is 11.6. The molecule has 0 spiro atoms. The van der Waals surface area contributed by atoms with E-state index in [0.717, 1.165) is 0 Å². The summed E-state index contributed by atoms with van der Waals surface area (Å²) in [6.45, 7) is 3.91. The van der Waals surface area contributed by atoms with Gasteiger partial charge in [-0.25, -0.2) is 14.4 Å². The number of aromatic nitrogens is 3. The lowest BCUT2D eigenvalue weighted by atomic mass is 9.99. The number of pyridine rings is 1. The van der Waals surface area contributed by atoms with E-state index in [1.54, 1.807) is 43.1 Å². The zero-order chi connectivity index (χ0) is 25.8. The second-order valence-corrected chi connectivity index (χ2v) is 8.96. The molecular weight excluding hydrogens is 465 g/mol. The minimum atomic E-state index is -0.525. The van der Waals surface area contributed by atoms with Gasteiger partial charge in [-0.05, 0) is 19.1 Å². The van der Waals surface area contributed by atoms with Crippen LogP contribution in [0.4, 0.5) is 4.39 Å². The predicted molar refractivity (Wildman–Crippen MR) is 130 cm³/mol. The fraction of sp³-hybridized carbons (Fsp3) is 0.346. The lowest BCUT2D eigenvalue weighted by Gasteiger charge is -2.37. The van der Waals surface area contributed by atoms with Crippen LogP contribution in [0.3, 0.4) is 0 Å². The Balaban J connectivity index is 1.70. The van der Waals surface area contributed by atoms with Gasteiger partial charge in [-0.1, -0.05) is 25.1 Å². The van der Waals surface area contributed by atoms with Crippen molar-refractivity contribution in [1.82, 2.24) is 24.8 Å². The standard InChI is InChI=1S/C26H28FN5O4/c1-16-13-32(17(2)15-33)25(34)20-10-18(19-6-4-5-7-21(19)27)11-30-24(20)36-23(16)14-31(3)26(35)22-12-28-8-9-29-22/h4-12,16-17,23,33H,13-15H2,1-3H3/t16-,17-,23-/m0/s1. The van der Waals surface area contributed by atoms with E-state index in [-0.39, 0.29) is 54.6 Å². The Labute approximate surface area is 208 Å². The molecule has 9 nitrogen and oxygen atoms in total. The van der Waals surface area contributed by atoms with E-state index in [4.69, 9.17) is 4.74 Å². The number of nitrogens with zero attached hydrogens (tertiary/aromatic N) is 5. The third-order valence-corrected chi connectivity index (χ3v) is 6.29. The fourth-order valence-corrected chi connectivity index (χ4v) is 4.12. The third kappa shape index (κ3) is 5.18. The van der Waals surface area contributed by atoms with Crippen molar-refractivity contribution < 1.29 is 23.8 Å². The van der Waals surface area contributed by atoms with E-state index in [2.05, 4.69) is 15.0 Å². The number of ether oxygens (including phenoxy) is 1. The highest BCUT2D eigenvalue weighted by molar-refractivity contribution is 5.98. The van der Waals surface area contributed by atoms with Crippen LogP contribution in [0.25, 0.3) is 11.1 Å². The van der Waals surface area contributed by atoms with Crippen LogP contribution in [0, 0.1) is 11.7 Å². The molecule has 1 N–H and O–H groups in total. The van der Waals surface area contributed by atoms with Crippen LogP contribution >= 0.6 is 0 Å². The zero-order valence-electron chi connectivity index (χ0n) is 20.3. The van der Waals surface area contributed by atoms with Crippen molar-refractivity contribution in [3.05, 3.63) is 72.2 Å². The summed E-state index contributed by atoms with van der Waals surface area (Å²) in [5, 5.41) is 9.82. The molecule has 0 saturated heterocycles. The minimum Gasteiger partial charge on any atom is -0.472 e. The minimum absolute atomic E-state index is 0.0899. The monoisotopic (exact) mass is 493 g/mol. The molecule has 188 valence electrons. The van der Waals surface area contributed by atoms with Gasteiger partial charge in [0.15, 0.2) is 0 Å². The Morgan fingerprint density at radius 1 is 1.25 bits per heavy atom. The van der Waals surface area contributed by atoms with E-state index in [9.17, 15) is 19.1 Å². The maximum Gasteiger partial charge on any atom is 0.273 e. The van der Waals surface area contributed by atoms with Crippen LogP contribution in [0.15, 0.2) is 55.1 Å². The topological polar surface area (TPSA) is 109 Å². The van der Waals surface area contributed by atoms with Gasteiger partial charge in [-0.3, -0.25) is 14.6 Å². The molecule has 1 aliphatic heterocycles. The molecule has 0 bridgehead atoms. The number of carbonyl (C=O) groups is 2. The Bertz CT molecular complexity index is 1240. The molecule has 3 heterocycles. The van der Waals surface area contributed by atoms with E-state index in [1.165, 1.54) is 35.8 Å². The number of aliphatic hydroxyl groups excluding tert-OH is 1. The Kier molecular flexibility index (Phi) is 7.54. The highest BCUT2D eigenvalue weighted by Gasteiger charge is 2.35. The van der Waals surface area contributed by atoms with E-state index < -0.39 is 18.0 Å². The highest BCUT2D eigenvalue weighted by atomic mass is 19.1. The summed E-state index contributed by atoms with van der Waals surface area (Å²) in [7, 11) is 1.64. The van der Waals surface area contributed by atoms with Gasteiger partial charge in [0.1, 0.15) is 23.2 Å². The number of halogens is 1. The molecule has 1 aliphatic rings. The number of amides is 2. The quantitative estimate of drug-likeness (QED) is 0.562. The first-order valence-electron chi connectivity index (χ1n) is 11.6. The number of aliphatic hydroxyl groups is 1. The molecule has 0 fully saturated rings. The summed E-state index contributed by atoms with van der Waals surface area (Å²) in [4.78, 5) is 41.8. The molecular formula is C26H28FN5O4. The van der Waals surface area contributed by atoms with Crippen molar-refractivity contribution in [2.45, 2.75) is 26.0 Å². The van der Waals surface area contributed by atoms with Crippen molar-refractivity contribution in [2.75, 3.05) is 26.7 Å². The number of hydrogen-bond acceptors (Lipinski definition) is 7. The second-order valence-electron chi connectivity index (χ2n) is 8.96. The lowest BCUT2D eigenvalue weighted by molar-refractivity contribution is 0.0312. The van der Waals surface area contributed by atoms with Gasteiger partial charge in [-0.2, -0.15) is 0 Å². The number of hydrogen-bond donors (Lipinski definition) is 1. The number of likely N-dealkylation sites (N-methyl/N-ethyl adjacent to an activating group) is 1. The van der Waals surface area contributed by atoms with Crippen LogP contribution in [-0.2, 0) is 0 Å². The van der Waals surface area contributed by atoms with E-state index >= 15 is 0 Å². The van der Waals surface area contributed by atoms with Crippen LogP contribution < -0.4 is 4.74 Å². The summed E-state index contributed by atoms with van der Waals surface area (Å²) >= 11 is 0. The molecule has 0 saturated carbocycles. The number of fused-ring (bicyclic) bond motifs is 1. The first kappa shape index (κ1) is 25.2. The SMILES string of the molecule is C[C@H]1CN([C@@H](C)CO)C(=O)c2cc(-c3ccccc3F)cnc2O[C@H]1CN(C)C(=O)c1cnccn1. The third-order valence-electron chi connectivity index (χ3n) is 6.29. The molecule has 2 amide bonds. The molecule has 4 rings (SSSR count). The molecule has 3 aromatic rings. The maximum atomic E-state index is 14.4. The molecule has 1 aromatic carbocycles. The van der Waals surface area contributed by atoms with Gasteiger partial charge < -0.3 is 19.6 Å². The van der Waals surface area contributed by atoms with Gasteiger partial charge in [0.2, 0.25) is 5.88 Å². The van der Waals surface area contributed by atoms with Crippen molar-refractivity contribution >= 4 is 11.8 Å². The smallest absolute Gasteiger partial charge is 0.273 e. The molecule has 0 aliphatic carbocycles. The fourth-order valence-electron chi connectivity index (χ4n) is 4.12. The van der Waals surface area contributed by atoms with Gasteiger partial charge in [0, 0.05) is 49.2 Å². The average Bonchev–Trinajstić information content (AvgIpc) is 2.90. The van der Waals surface area contributed by atoms with Crippen LogP contribution in [-0.4, -0.2) is 80.6 Å². The number of carbonyl (C=O) groups excluding carboxylic acids is 2. The van der Waals surface area contributed by atoms with Crippen LogP contribution in [0.5, 0.6) is 5.88 Å². The summed E-state index contributed by atoms with van der Waals surface area (Å²) in [6, 6.07) is 7.33. The van der Waals surface area contributed by atoms with Crippen LogP contribution in [0.1, 0.15) is 34.7 Å². The Morgan fingerprint density at radius 2 is 2.03 bits per heavy atom. The van der Waals surface area contributed by atoms with Crippen molar-refractivity contribution in [2.24, 2.45) is 5.92 Å². The Morgan fingerprint density at radius 3 is 2.72 bits per heavy atom. The largest absolute Gasteiger partial charge is 0.472 e. The molecule has 0 radical (unpaired) electrons. The lowest BCUT2D eigenvalue weighted by Crippen LogP contribution is -2.50. The first-order chi connectivity index (χ1) is 17.3. The summed E-state index contributed by atoms with van der Waals surface area (Å²) in [5.41, 5.74) is 1.11. The van der Waals surface area contributed by atoms with Gasteiger partial charge >= 0.3 is 0 Å². The molecule has 36 heavy (non-hydrogen) atoms. The molecule has 0 unspecified atom stereocenters. The second kappa shape index (κ2) is 10.8. The van der Waals surface area contributed by atoms with Gasteiger partial charge in [-0.15, -0.1) is 0 Å². The predicted octanol–water partition coefficient (Wildman–Crippen LogP) is 2.67. The summed E-state index contributed by atoms with van der Waals surface area (Å²) in [5.74, 6) is -1.24. The summed E-state index contributed by atoms with van der Waals surface area (Å²) in [6.07, 6.45) is 5.27. The van der Waals surface area contributed by atoms with Crippen LogP contribution in [0.2, 0.25) is 0 Å². The average molecular weight is 494 g/mol. The maximum absolute atomic E-state index is 14.4. The molecule has 3 atom stereocenters. The number of rotatable bonds is 6. The van der Waals surface area contributed by atoms with E-state index in [1.807, 2.05) is 6.92 Å². The number of benzene rings is 1. The van der Waals surface area contributed by atoms with Crippen molar-refractivity contribution in [3.63, 3.8) is 0 Å². The summed E-state index contributed by atoms with van der Waals surface area (Å²) < 4.78 is 20.7.